The third-order valence-electron chi connectivity index (χ3n) is 2.87. The molecule has 0 aliphatic heterocycles. The first-order valence-electron chi connectivity index (χ1n) is 5.47. The maximum Gasteiger partial charge on any atom is 0.401 e. The molecule has 6 heteroatoms. The number of aliphatic hydroxyl groups excluding tert-OH is 1. The molecule has 0 unspecified atom stereocenters. The fraction of sp³-hybridized carbons (Fsp3) is 1.00. The van der Waals surface area contributed by atoms with Crippen LogP contribution in [0.15, 0.2) is 0 Å². The summed E-state index contributed by atoms with van der Waals surface area (Å²) in [5.41, 5.74) is -1.000. The second kappa shape index (κ2) is 5.33. The topological polar surface area (TPSA) is 43.7 Å². The van der Waals surface area contributed by atoms with Crippen LogP contribution in [-0.4, -0.2) is 53.1 Å². The summed E-state index contributed by atoms with van der Waals surface area (Å²) in [6, 6.07) is 0. The van der Waals surface area contributed by atoms with Gasteiger partial charge in [0.15, 0.2) is 0 Å². The number of hydrogen-bond acceptors (Lipinski definition) is 3. The SMILES string of the molecule is OCCN(CC(F)(F)F)CC1(O)CCCC1. The van der Waals surface area contributed by atoms with Crippen molar-refractivity contribution < 1.29 is 23.4 Å². The number of halogens is 3. The Morgan fingerprint density at radius 1 is 1.19 bits per heavy atom. The summed E-state index contributed by atoms with van der Waals surface area (Å²) < 4.78 is 36.7. The molecule has 1 aliphatic carbocycles. The number of rotatable bonds is 5. The highest BCUT2D eigenvalue weighted by molar-refractivity contribution is 4.87. The first kappa shape index (κ1) is 13.7. The number of hydrogen-bond donors (Lipinski definition) is 2. The Labute approximate surface area is 92.9 Å². The summed E-state index contributed by atoms with van der Waals surface area (Å²) in [7, 11) is 0. The third kappa shape index (κ3) is 4.67. The molecule has 0 heterocycles. The Kier molecular flexibility index (Phi) is 4.58. The van der Waals surface area contributed by atoms with E-state index < -0.39 is 18.3 Å². The van der Waals surface area contributed by atoms with Crippen molar-refractivity contribution in [2.75, 3.05) is 26.2 Å². The van der Waals surface area contributed by atoms with Gasteiger partial charge in [-0.1, -0.05) is 12.8 Å². The van der Waals surface area contributed by atoms with Gasteiger partial charge in [0.05, 0.1) is 18.8 Å². The quantitative estimate of drug-likeness (QED) is 0.758. The molecule has 0 aromatic rings. The Morgan fingerprint density at radius 2 is 1.75 bits per heavy atom. The molecule has 1 aliphatic rings. The molecule has 1 fully saturated rings. The Morgan fingerprint density at radius 3 is 2.19 bits per heavy atom. The van der Waals surface area contributed by atoms with Crippen LogP contribution < -0.4 is 0 Å². The molecule has 0 bridgehead atoms. The lowest BCUT2D eigenvalue weighted by molar-refractivity contribution is -0.153. The Bertz CT molecular complexity index is 215. The van der Waals surface area contributed by atoms with Crippen LogP contribution in [0, 0.1) is 0 Å². The second-order valence-corrected chi connectivity index (χ2v) is 4.48. The molecule has 3 nitrogen and oxygen atoms in total. The minimum absolute atomic E-state index is 0.00687. The Hall–Kier alpha value is -0.330. The molecule has 2 N–H and O–H groups in total. The lowest BCUT2D eigenvalue weighted by atomic mass is 10.0. The number of aliphatic hydroxyl groups is 2. The van der Waals surface area contributed by atoms with Crippen LogP contribution in [-0.2, 0) is 0 Å². The fourth-order valence-electron chi connectivity index (χ4n) is 2.22. The molecule has 0 aromatic carbocycles. The van der Waals surface area contributed by atoms with E-state index in [1.807, 2.05) is 0 Å². The summed E-state index contributed by atoms with van der Waals surface area (Å²) in [5.74, 6) is 0. The van der Waals surface area contributed by atoms with E-state index in [9.17, 15) is 18.3 Å². The largest absolute Gasteiger partial charge is 0.401 e. The summed E-state index contributed by atoms with van der Waals surface area (Å²) in [5, 5.41) is 18.7. The van der Waals surface area contributed by atoms with Crippen molar-refractivity contribution in [2.45, 2.75) is 37.5 Å². The van der Waals surface area contributed by atoms with Crippen molar-refractivity contribution in [1.29, 1.82) is 0 Å². The van der Waals surface area contributed by atoms with Gasteiger partial charge in [0, 0.05) is 13.1 Å². The first-order chi connectivity index (χ1) is 7.35. The zero-order valence-corrected chi connectivity index (χ0v) is 9.13. The van der Waals surface area contributed by atoms with Crippen molar-refractivity contribution in [3.63, 3.8) is 0 Å². The molecule has 1 rings (SSSR count). The highest BCUT2D eigenvalue weighted by Gasteiger charge is 2.37. The van der Waals surface area contributed by atoms with Crippen LogP contribution in [0.3, 0.4) is 0 Å². The van der Waals surface area contributed by atoms with E-state index in [0.29, 0.717) is 12.8 Å². The minimum Gasteiger partial charge on any atom is -0.395 e. The summed E-state index contributed by atoms with van der Waals surface area (Å²) in [4.78, 5) is 1.07. The fourth-order valence-corrected chi connectivity index (χ4v) is 2.22. The first-order valence-corrected chi connectivity index (χ1v) is 5.47. The highest BCUT2D eigenvalue weighted by atomic mass is 19.4. The smallest absolute Gasteiger partial charge is 0.395 e. The molecule has 0 atom stereocenters. The van der Waals surface area contributed by atoms with E-state index in [2.05, 4.69) is 0 Å². The van der Waals surface area contributed by atoms with Crippen LogP contribution in [0.1, 0.15) is 25.7 Å². The van der Waals surface area contributed by atoms with E-state index >= 15 is 0 Å². The third-order valence-corrected chi connectivity index (χ3v) is 2.87. The molecule has 0 radical (unpaired) electrons. The number of nitrogens with zero attached hydrogens (tertiary/aromatic N) is 1. The van der Waals surface area contributed by atoms with E-state index in [-0.39, 0.29) is 19.7 Å². The van der Waals surface area contributed by atoms with Crippen LogP contribution in [0.5, 0.6) is 0 Å². The van der Waals surface area contributed by atoms with Crippen molar-refractivity contribution in [2.24, 2.45) is 0 Å². The predicted molar refractivity (Wildman–Crippen MR) is 53.0 cm³/mol. The Balaban J connectivity index is 2.50. The summed E-state index contributed by atoms with van der Waals surface area (Å²) >= 11 is 0. The average molecular weight is 241 g/mol. The van der Waals surface area contributed by atoms with Gasteiger partial charge in [-0.25, -0.2) is 0 Å². The van der Waals surface area contributed by atoms with Crippen molar-refractivity contribution in [3.05, 3.63) is 0 Å². The standard InChI is InChI=1S/C10H18F3NO2/c11-10(12,13)8-14(5-6-15)7-9(16)3-1-2-4-9/h15-16H,1-8H2. The molecular weight excluding hydrogens is 223 g/mol. The highest BCUT2D eigenvalue weighted by Crippen LogP contribution is 2.30. The van der Waals surface area contributed by atoms with Crippen molar-refractivity contribution in [3.8, 4) is 0 Å². The molecule has 0 aromatic heterocycles. The van der Waals surface area contributed by atoms with Gasteiger partial charge in [0.25, 0.3) is 0 Å². The van der Waals surface area contributed by atoms with Gasteiger partial charge in [0.1, 0.15) is 0 Å². The van der Waals surface area contributed by atoms with Gasteiger partial charge < -0.3 is 10.2 Å². The zero-order chi connectivity index (χ0) is 12.2. The van der Waals surface area contributed by atoms with Gasteiger partial charge in [0.2, 0.25) is 0 Å². The minimum atomic E-state index is -4.29. The van der Waals surface area contributed by atoms with Gasteiger partial charge >= 0.3 is 6.18 Å². The van der Waals surface area contributed by atoms with E-state index in [1.165, 1.54) is 0 Å². The van der Waals surface area contributed by atoms with Crippen LogP contribution in [0.2, 0.25) is 0 Å². The van der Waals surface area contributed by atoms with Crippen molar-refractivity contribution in [1.82, 2.24) is 4.90 Å². The van der Waals surface area contributed by atoms with Crippen LogP contribution in [0.4, 0.5) is 13.2 Å². The molecular formula is C10H18F3NO2. The van der Waals surface area contributed by atoms with Gasteiger partial charge in [-0.05, 0) is 12.8 Å². The van der Waals surface area contributed by atoms with Gasteiger partial charge in [-0.2, -0.15) is 13.2 Å². The van der Waals surface area contributed by atoms with Crippen molar-refractivity contribution >= 4 is 0 Å². The summed E-state index contributed by atoms with van der Waals surface area (Å²) in [6.07, 6.45) is -1.48. The molecule has 0 spiro atoms. The molecule has 0 amide bonds. The zero-order valence-electron chi connectivity index (χ0n) is 9.13. The normalized spacial score (nSPS) is 20.6. The monoisotopic (exact) mass is 241 g/mol. The van der Waals surface area contributed by atoms with E-state index in [1.54, 1.807) is 0 Å². The predicted octanol–water partition coefficient (Wildman–Crippen LogP) is 1.15. The average Bonchev–Trinajstić information content (AvgIpc) is 2.49. The summed E-state index contributed by atoms with van der Waals surface area (Å²) in [6.45, 7) is -1.46. The molecule has 96 valence electrons. The lowest BCUT2D eigenvalue weighted by Crippen LogP contribution is -2.46. The van der Waals surface area contributed by atoms with E-state index in [4.69, 9.17) is 5.11 Å². The molecule has 0 saturated heterocycles. The molecule has 16 heavy (non-hydrogen) atoms. The maximum absolute atomic E-state index is 12.2. The van der Waals surface area contributed by atoms with Gasteiger partial charge in [-0.15, -0.1) is 0 Å². The lowest BCUT2D eigenvalue weighted by Gasteiger charge is -2.31. The van der Waals surface area contributed by atoms with E-state index in [0.717, 1.165) is 17.7 Å². The van der Waals surface area contributed by atoms with Gasteiger partial charge in [-0.3, -0.25) is 4.90 Å². The molecule has 1 saturated carbocycles. The maximum atomic E-state index is 12.2. The number of alkyl halides is 3. The second-order valence-electron chi connectivity index (χ2n) is 4.48. The van der Waals surface area contributed by atoms with Crippen LogP contribution in [0.25, 0.3) is 0 Å². The van der Waals surface area contributed by atoms with Crippen LogP contribution >= 0.6 is 0 Å².